The minimum Gasteiger partial charge on any atom is -0.367 e. The van der Waals surface area contributed by atoms with Crippen LogP contribution in [0.4, 0.5) is 10.2 Å². The van der Waals surface area contributed by atoms with E-state index in [9.17, 15) is 4.79 Å². The van der Waals surface area contributed by atoms with Gasteiger partial charge in [-0.15, -0.1) is 0 Å². The molecule has 2 heterocycles. The van der Waals surface area contributed by atoms with Crippen LogP contribution in [0.25, 0.3) is 22.0 Å². The molecule has 2 aliphatic carbocycles. The summed E-state index contributed by atoms with van der Waals surface area (Å²) >= 11 is 0. The van der Waals surface area contributed by atoms with Gasteiger partial charge in [0.05, 0.1) is 17.6 Å². The fourth-order valence-electron chi connectivity index (χ4n) is 4.91. The highest BCUT2D eigenvalue weighted by molar-refractivity contribution is 5.93. The number of rotatable bonds is 8. The van der Waals surface area contributed by atoms with Crippen LogP contribution >= 0.6 is 0 Å². The molecule has 4 aromatic rings. The van der Waals surface area contributed by atoms with E-state index >= 15 is 4.39 Å². The van der Waals surface area contributed by atoms with Crippen LogP contribution in [-0.2, 0) is 24.8 Å². The molecule has 190 valence electrons. The highest BCUT2D eigenvalue weighted by Gasteiger charge is 2.33. The van der Waals surface area contributed by atoms with Crippen molar-refractivity contribution < 1.29 is 9.18 Å². The zero-order chi connectivity index (χ0) is 25.7. The average Bonchev–Trinajstić information content (AvgIpc) is 3.79. The standard InChI is InChI=1S/C29H31FN6O/c1-17-12-24(35(3)34-17)15-28(37)36(23-8-9-23)16-21-13-19(4-10-26(21)30)20-5-11-27-25(14-20)29(32-18(2)31-27)33-22-6-7-22/h4-5,10-14,22-23H,6-9,15-16H2,1-3H3,(H,31,32,33). The van der Waals surface area contributed by atoms with E-state index in [2.05, 4.69) is 26.4 Å². The molecular formula is C29H31FN6O. The van der Waals surface area contributed by atoms with E-state index in [1.165, 1.54) is 6.07 Å². The largest absolute Gasteiger partial charge is 0.367 e. The van der Waals surface area contributed by atoms with Gasteiger partial charge in [0, 0.05) is 42.3 Å². The highest BCUT2D eigenvalue weighted by Crippen LogP contribution is 2.33. The van der Waals surface area contributed by atoms with Gasteiger partial charge in [0.2, 0.25) is 5.91 Å². The van der Waals surface area contributed by atoms with E-state index in [1.807, 2.05) is 50.1 Å². The van der Waals surface area contributed by atoms with Crippen LogP contribution in [0.2, 0.25) is 0 Å². The van der Waals surface area contributed by atoms with Crippen LogP contribution in [0.1, 0.15) is 48.5 Å². The van der Waals surface area contributed by atoms with Crippen molar-refractivity contribution in [3.63, 3.8) is 0 Å². The number of fused-ring (bicyclic) bond motifs is 1. The minimum atomic E-state index is -0.297. The third kappa shape index (κ3) is 5.05. The van der Waals surface area contributed by atoms with E-state index < -0.39 is 0 Å². The van der Waals surface area contributed by atoms with Crippen LogP contribution in [0.15, 0.2) is 42.5 Å². The summed E-state index contributed by atoms with van der Waals surface area (Å²) in [5, 5.41) is 8.83. The molecule has 2 aromatic heterocycles. The zero-order valence-electron chi connectivity index (χ0n) is 21.5. The molecule has 2 aliphatic rings. The number of anilines is 1. The Balaban J connectivity index is 1.29. The predicted molar refractivity (Wildman–Crippen MR) is 142 cm³/mol. The molecule has 2 aromatic carbocycles. The van der Waals surface area contributed by atoms with Crippen LogP contribution in [0, 0.1) is 19.7 Å². The normalized spacial score (nSPS) is 15.2. The second-order valence-corrected chi connectivity index (χ2v) is 10.4. The number of amides is 1. The Morgan fingerprint density at radius 2 is 1.81 bits per heavy atom. The number of hydrogen-bond donors (Lipinski definition) is 1. The van der Waals surface area contributed by atoms with E-state index in [4.69, 9.17) is 0 Å². The van der Waals surface area contributed by atoms with Gasteiger partial charge in [0.15, 0.2) is 0 Å². The van der Waals surface area contributed by atoms with Gasteiger partial charge in [-0.25, -0.2) is 14.4 Å². The summed E-state index contributed by atoms with van der Waals surface area (Å²) in [4.78, 5) is 24.3. The Labute approximate surface area is 215 Å². The van der Waals surface area contributed by atoms with Crippen LogP contribution in [-0.4, -0.2) is 42.6 Å². The maximum Gasteiger partial charge on any atom is 0.229 e. The first kappa shape index (κ1) is 23.6. The summed E-state index contributed by atoms with van der Waals surface area (Å²) in [6.07, 6.45) is 4.48. The summed E-state index contributed by atoms with van der Waals surface area (Å²) in [6, 6.07) is 13.8. The van der Waals surface area contributed by atoms with Crippen molar-refractivity contribution in [1.82, 2.24) is 24.6 Å². The van der Waals surface area contributed by atoms with Crippen molar-refractivity contribution in [2.45, 2.75) is 64.6 Å². The van der Waals surface area contributed by atoms with E-state index in [1.54, 1.807) is 10.7 Å². The number of hydrogen-bond acceptors (Lipinski definition) is 5. The van der Waals surface area contributed by atoms with Gasteiger partial charge in [0.1, 0.15) is 17.5 Å². The van der Waals surface area contributed by atoms with Crippen LogP contribution < -0.4 is 5.32 Å². The van der Waals surface area contributed by atoms with Crippen molar-refractivity contribution in [3.8, 4) is 11.1 Å². The molecule has 0 unspecified atom stereocenters. The second-order valence-electron chi connectivity index (χ2n) is 10.4. The predicted octanol–water partition coefficient (Wildman–Crippen LogP) is 5.09. The fraction of sp³-hybridized carbons (Fsp3) is 0.379. The van der Waals surface area contributed by atoms with Crippen molar-refractivity contribution in [3.05, 3.63) is 71.1 Å². The third-order valence-electron chi connectivity index (χ3n) is 7.18. The van der Waals surface area contributed by atoms with Gasteiger partial charge in [-0.1, -0.05) is 12.1 Å². The molecule has 2 saturated carbocycles. The topological polar surface area (TPSA) is 75.9 Å². The van der Waals surface area contributed by atoms with Gasteiger partial charge < -0.3 is 10.2 Å². The Morgan fingerprint density at radius 3 is 2.51 bits per heavy atom. The summed E-state index contributed by atoms with van der Waals surface area (Å²) in [7, 11) is 1.85. The molecule has 0 radical (unpaired) electrons. The van der Waals surface area contributed by atoms with Gasteiger partial charge >= 0.3 is 0 Å². The van der Waals surface area contributed by atoms with Crippen molar-refractivity contribution in [2.24, 2.45) is 7.05 Å². The van der Waals surface area contributed by atoms with Crippen molar-refractivity contribution in [1.29, 1.82) is 0 Å². The van der Waals surface area contributed by atoms with Gasteiger partial charge in [-0.3, -0.25) is 9.48 Å². The van der Waals surface area contributed by atoms with Crippen molar-refractivity contribution >= 4 is 22.6 Å². The molecule has 8 heteroatoms. The molecule has 0 atom stereocenters. The molecule has 0 saturated heterocycles. The third-order valence-corrected chi connectivity index (χ3v) is 7.18. The first-order valence-corrected chi connectivity index (χ1v) is 13.0. The molecule has 6 rings (SSSR count). The average molecular weight is 499 g/mol. The second kappa shape index (κ2) is 9.25. The van der Waals surface area contributed by atoms with Crippen molar-refractivity contribution in [2.75, 3.05) is 5.32 Å². The lowest BCUT2D eigenvalue weighted by Gasteiger charge is -2.23. The first-order valence-electron chi connectivity index (χ1n) is 13.0. The number of benzene rings is 2. The molecule has 37 heavy (non-hydrogen) atoms. The smallest absolute Gasteiger partial charge is 0.229 e. The number of nitrogens with one attached hydrogen (secondary N) is 1. The lowest BCUT2D eigenvalue weighted by molar-refractivity contribution is -0.131. The molecule has 0 spiro atoms. The molecule has 1 N–H and O–H groups in total. The highest BCUT2D eigenvalue weighted by atomic mass is 19.1. The molecular weight excluding hydrogens is 467 g/mol. The molecule has 7 nitrogen and oxygen atoms in total. The number of halogens is 1. The molecule has 0 aliphatic heterocycles. The maximum atomic E-state index is 15.0. The van der Waals surface area contributed by atoms with E-state index in [0.29, 0.717) is 11.6 Å². The summed E-state index contributed by atoms with van der Waals surface area (Å²) in [6.45, 7) is 4.07. The monoisotopic (exact) mass is 498 g/mol. The van der Waals surface area contributed by atoms with Crippen LogP contribution in [0.3, 0.4) is 0 Å². The van der Waals surface area contributed by atoms with E-state index in [0.717, 1.165) is 70.7 Å². The molecule has 0 bridgehead atoms. The Bertz CT molecular complexity index is 1500. The number of aryl methyl sites for hydroxylation is 3. The van der Waals surface area contributed by atoms with Gasteiger partial charge in [0.25, 0.3) is 0 Å². The Morgan fingerprint density at radius 1 is 1.05 bits per heavy atom. The number of nitrogens with zero attached hydrogens (tertiary/aromatic N) is 5. The zero-order valence-corrected chi connectivity index (χ0v) is 21.5. The number of aromatic nitrogens is 4. The Kier molecular flexibility index (Phi) is 5.89. The number of carbonyl (C=O) groups excluding carboxylic acids is 1. The lowest BCUT2D eigenvalue weighted by Crippen LogP contribution is -2.34. The quantitative estimate of drug-likeness (QED) is 0.366. The Hall–Kier alpha value is -3.81. The maximum absolute atomic E-state index is 15.0. The summed E-state index contributed by atoms with van der Waals surface area (Å²) in [5.74, 6) is 1.29. The van der Waals surface area contributed by atoms with Gasteiger partial charge in [-0.2, -0.15) is 5.10 Å². The molecule has 2 fully saturated rings. The number of carbonyl (C=O) groups is 1. The molecule has 1 amide bonds. The summed E-state index contributed by atoms with van der Waals surface area (Å²) < 4.78 is 16.8. The van der Waals surface area contributed by atoms with E-state index in [-0.39, 0.29) is 30.7 Å². The summed E-state index contributed by atoms with van der Waals surface area (Å²) in [5.41, 5.74) is 5.03. The lowest BCUT2D eigenvalue weighted by atomic mass is 10.0. The fourth-order valence-corrected chi connectivity index (χ4v) is 4.91. The van der Waals surface area contributed by atoms with Crippen LogP contribution in [0.5, 0.6) is 0 Å². The minimum absolute atomic E-state index is 0.00400. The first-order chi connectivity index (χ1) is 17.8. The van der Waals surface area contributed by atoms with Gasteiger partial charge in [-0.05, 0) is 81.0 Å². The SMILES string of the molecule is Cc1cc(CC(=O)N(Cc2cc(-c3ccc4nc(C)nc(NC5CC5)c4c3)ccc2F)C2CC2)n(C)n1.